The minimum absolute atomic E-state index is 0.840. The molecule has 4 unspecified atom stereocenters. The van der Waals surface area contributed by atoms with Gasteiger partial charge in [-0.15, -0.1) is 0 Å². The molecule has 0 radical (unpaired) electrons. The van der Waals surface area contributed by atoms with E-state index in [1.807, 2.05) is 0 Å². The van der Waals surface area contributed by atoms with E-state index in [0.717, 1.165) is 36.3 Å². The molecule has 2 N–H and O–H groups in total. The molecule has 1 saturated carbocycles. The van der Waals surface area contributed by atoms with Gasteiger partial charge in [0.2, 0.25) is 0 Å². The third-order valence-corrected chi connectivity index (χ3v) is 5.58. The Balaban J connectivity index is 1.99. The van der Waals surface area contributed by atoms with Gasteiger partial charge < -0.3 is 5.73 Å². The zero-order valence-corrected chi connectivity index (χ0v) is 13.3. The molecule has 2 aliphatic rings. The summed E-state index contributed by atoms with van der Waals surface area (Å²) in [4.78, 5) is 2.84. The van der Waals surface area contributed by atoms with Crippen molar-refractivity contribution in [3.8, 4) is 0 Å². The lowest BCUT2D eigenvalue weighted by Crippen LogP contribution is -2.50. The SMILES string of the molecule is CC1CCC(C(C)C)C(N2CCCC(CCN)C2)C1. The third kappa shape index (κ3) is 3.95. The molecule has 0 spiro atoms. The first-order valence-electron chi connectivity index (χ1n) is 8.56. The van der Waals surface area contributed by atoms with Gasteiger partial charge in [0.05, 0.1) is 0 Å². The van der Waals surface area contributed by atoms with E-state index in [1.165, 1.54) is 51.6 Å². The van der Waals surface area contributed by atoms with E-state index >= 15 is 0 Å². The van der Waals surface area contributed by atoms with Crippen molar-refractivity contribution in [1.82, 2.24) is 4.90 Å². The first-order chi connectivity index (χ1) is 9.11. The largest absolute Gasteiger partial charge is 0.330 e. The van der Waals surface area contributed by atoms with Crippen molar-refractivity contribution >= 4 is 0 Å². The van der Waals surface area contributed by atoms with Gasteiger partial charge in [0.15, 0.2) is 0 Å². The van der Waals surface area contributed by atoms with E-state index in [0.29, 0.717) is 0 Å². The molecule has 2 fully saturated rings. The van der Waals surface area contributed by atoms with Crippen LogP contribution in [-0.4, -0.2) is 30.6 Å². The Morgan fingerprint density at radius 2 is 2.00 bits per heavy atom. The summed E-state index contributed by atoms with van der Waals surface area (Å²) in [5, 5.41) is 0. The Kier molecular flexibility index (Phi) is 5.70. The van der Waals surface area contributed by atoms with Crippen molar-refractivity contribution in [3.63, 3.8) is 0 Å². The Labute approximate surface area is 120 Å². The fourth-order valence-corrected chi connectivity index (χ4v) is 4.44. The van der Waals surface area contributed by atoms with Crippen molar-refractivity contribution in [2.75, 3.05) is 19.6 Å². The summed E-state index contributed by atoms with van der Waals surface area (Å²) in [5.74, 6) is 3.55. The van der Waals surface area contributed by atoms with Crippen LogP contribution in [0.15, 0.2) is 0 Å². The standard InChI is InChI=1S/C17H34N2/c1-13(2)16-7-6-14(3)11-17(16)19-10-4-5-15(12-19)8-9-18/h13-17H,4-12,18H2,1-3H3. The van der Waals surface area contributed by atoms with E-state index in [-0.39, 0.29) is 0 Å². The maximum Gasteiger partial charge on any atom is 0.0129 e. The molecule has 0 aromatic rings. The first kappa shape index (κ1) is 15.3. The maximum atomic E-state index is 5.76. The Hall–Kier alpha value is -0.0800. The molecule has 0 amide bonds. The van der Waals surface area contributed by atoms with Gasteiger partial charge >= 0.3 is 0 Å². The second kappa shape index (κ2) is 7.08. The number of piperidine rings is 1. The summed E-state index contributed by atoms with van der Waals surface area (Å²) in [6.45, 7) is 10.8. The highest BCUT2D eigenvalue weighted by molar-refractivity contribution is 4.89. The van der Waals surface area contributed by atoms with Crippen LogP contribution in [0.25, 0.3) is 0 Å². The molecule has 2 rings (SSSR count). The van der Waals surface area contributed by atoms with Crippen LogP contribution in [0, 0.1) is 23.7 Å². The number of nitrogens with two attached hydrogens (primary N) is 1. The summed E-state index contributed by atoms with van der Waals surface area (Å²) in [5.41, 5.74) is 5.76. The molecule has 112 valence electrons. The zero-order valence-electron chi connectivity index (χ0n) is 13.3. The predicted molar refractivity (Wildman–Crippen MR) is 83.1 cm³/mol. The number of hydrogen-bond donors (Lipinski definition) is 1. The fourth-order valence-electron chi connectivity index (χ4n) is 4.44. The van der Waals surface area contributed by atoms with Crippen LogP contribution in [0.1, 0.15) is 59.3 Å². The average Bonchev–Trinajstić information content (AvgIpc) is 2.39. The van der Waals surface area contributed by atoms with E-state index in [2.05, 4.69) is 25.7 Å². The van der Waals surface area contributed by atoms with Gasteiger partial charge in [-0.1, -0.05) is 27.2 Å². The summed E-state index contributed by atoms with van der Waals surface area (Å²) in [6.07, 6.45) is 8.34. The summed E-state index contributed by atoms with van der Waals surface area (Å²) >= 11 is 0. The molecule has 2 nitrogen and oxygen atoms in total. The molecule has 0 bridgehead atoms. The molecule has 4 atom stereocenters. The van der Waals surface area contributed by atoms with Crippen LogP contribution >= 0.6 is 0 Å². The van der Waals surface area contributed by atoms with Crippen molar-refractivity contribution < 1.29 is 0 Å². The van der Waals surface area contributed by atoms with Crippen LogP contribution in [0.3, 0.4) is 0 Å². The lowest BCUT2D eigenvalue weighted by molar-refractivity contribution is 0.0287. The summed E-state index contributed by atoms with van der Waals surface area (Å²) < 4.78 is 0. The highest BCUT2D eigenvalue weighted by Crippen LogP contribution is 2.38. The minimum atomic E-state index is 0.840. The predicted octanol–water partition coefficient (Wildman–Crippen LogP) is 3.51. The van der Waals surface area contributed by atoms with Gasteiger partial charge in [-0.2, -0.15) is 0 Å². The molecule has 1 saturated heterocycles. The van der Waals surface area contributed by atoms with Gasteiger partial charge in [0.25, 0.3) is 0 Å². The zero-order chi connectivity index (χ0) is 13.8. The monoisotopic (exact) mass is 266 g/mol. The van der Waals surface area contributed by atoms with Gasteiger partial charge in [0, 0.05) is 12.6 Å². The third-order valence-electron chi connectivity index (χ3n) is 5.58. The second-order valence-electron chi connectivity index (χ2n) is 7.47. The van der Waals surface area contributed by atoms with E-state index < -0.39 is 0 Å². The molecular weight excluding hydrogens is 232 g/mol. The summed E-state index contributed by atoms with van der Waals surface area (Å²) in [7, 11) is 0. The van der Waals surface area contributed by atoms with Crippen LogP contribution in [0.2, 0.25) is 0 Å². The second-order valence-corrected chi connectivity index (χ2v) is 7.47. The normalized spacial score (nSPS) is 37.7. The average molecular weight is 266 g/mol. The van der Waals surface area contributed by atoms with E-state index in [9.17, 15) is 0 Å². The first-order valence-corrected chi connectivity index (χ1v) is 8.56. The van der Waals surface area contributed by atoms with E-state index in [4.69, 9.17) is 5.73 Å². The van der Waals surface area contributed by atoms with Crippen molar-refractivity contribution in [1.29, 1.82) is 0 Å². The Morgan fingerprint density at radius 1 is 1.21 bits per heavy atom. The molecular formula is C17H34N2. The maximum absolute atomic E-state index is 5.76. The lowest BCUT2D eigenvalue weighted by atomic mass is 9.72. The van der Waals surface area contributed by atoms with E-state index in [1.54, 1.807) is 0 Å². The van der Waals surface area contributed by atoms with Gasteiger partial charge in [0.1, 0.15) is 0 Å². The number of hydrogen-bond acceptors (Lipinski definition) is 2. The van der Waals surface area contributed by atoms with Crippen LogP contribution in [0.5, 0.6) is 0 Å². The van der Waals surface area contributed by atoms with Crippen LogP contribution < -0.4 is 5.73 Å². The topological polar surface area (TPSA) is 29.3 Å². The minimum Gasteiger partial charge on any atom is -0.330 e. The molecule has 1 heterocycles. The number of rotatable bonds is 4. The molecule has 1 aliphatic carbocycles. The quantitative estimate of drug-likeness (QED) is 0.844. The van der Waals surface area contributed by atoms with Crippen LogP contribution in [0.4, 0.5) is 0 Å². The van der Waals surface area contributed by atoms with Crippen LogP contribution in [-0.2, 0) is 0 Å². The fraction of sp³-hybridized carbons (Fsp3) is 1.00. The smallest absolute Gasteiger partial charge is 0.0129 e. The lowest BCUT2D eigenvalue weighted by Gasteiger charge is -2.47. The van der Waals surface area contributed by atoms with Gasteiger partial charge in [-0.3, -0.25) is 4.90 Å². The Bertz CT molecular complexity index is 262. The Morgan fingerprint density at radius 3 is 2.68 bits per heavy atom. The van der Waals surface area contributed by atoms with Crippen molar-refractivity contribution in [2.45, 2.75) is 65.3 Å². The highest BCUT2D eigenvalue weighted by Gasteiger charge is 2.36. The highest BCUT2D eigenvalue weighted by atomic mass is 15.2. The van der Waals surface area contributed by atoms with Gasteiger partial charge in [-0.25, -0.2) is 0 Å². The summed E-state index contributed by atoms with van der Waals surface area (Å²) in [6, 6.07) is 0.851. The van der Waals surface area contributed by atoms with Gasteiger partial charge in [-0.05, 0) is 68.9 Å². The molecule has 0 aromatic heterocycles. The molecule has 1 aliphatic heterocycles. The number of nitrogens with zero attached hydrogens (tertiary/aromatic N) is 1. The molecule has 2 heteroatoms. The molecule has 19 heavy (non-hydrogen) atoms. The van der Waals surface area contributed by atoms with Crippen molar-refractivity contribution in [2.24, 2.45) is 29.4 Å². The molecule has 0 aromatic carbocycles. The number of likely N-dealkylation sites (tertiary alicyclic amines) is 1. The van der Waals surface area contributed by atoms with Crippen molar-refractivity contribution in [3.05, 3.63) is 0 Å².